The van der Waals surface area contributed by atoms with E-state index in [0.717, 1.165) is 5.56 Å². The van der Waals surface area contributed by atoms with Crippen LogP contribution in [-0.2, 0) is 0 Å². The predicted octanol–water partition coefficient (Wildman–Crippen LogP) is 1.28. The molecule has 1 aromatic carbocycles. The number of rotatable bonds is 3. The summed E-state index contributed by atoms with van der Waals surface area (Å²) in [5.74, 6) is -0.520. The fourth-order valence-electron chi connectivity index (χ4n) is 1.57. The quantitative estimate of drug-likeness (QED) is 0.864. The SMILES string of the molecule is COc1cc(C(=O)O)c(-n2nccn2)cc1C. The highest BCUT2D eigenvalue weighted by atomic mass is 16.5. The van der Waals surface area contributed by atoms with Crippen molar-refractivity contribution in [3.63, 3.8) is 0 Å². The van der Waals surface area contributed by atoms with Gasteiger partial charge in [-0.3, -0.25) is 0 Å². The Morgan fingerprint density at radius 3 is 2.53 bits per heavy atom. The molecule has 17 heavy (non-hydrogen) atoms. The number of aromatic nitrogens is 3. The van der Waals surface area contributed by atoms with Crippen molar-refractivity contribution in [2.24, 2.45) is 0 Å². The summed E-state index contributed by atoms with van der Waals surface area (Å²) in [7, 11) is 1.50. The van der Waals surface area contributed by atoms with Gasteiger partial charge in [0.05, 0.1) is 25.1 Å². The lowest BCUT2D eigenvalue weighted by Crippen LogP contribution is -2.09. The van der Waals surface area contributed by atoms with E-state index in [1.807, 2.05) is 6.92 Å². The van der Waals surface area contributed by atoms with Crippen molar-refractivity contribution in [3.05, 3.63) is 35.7 Å². The van der Waals surface area contributed by atoms with Crippen molar-refractivity contribution in [1.29, 1.82) is 0 Å². The minimum absolute atomic E-state index is 0.101. The van der Waals surface area contributed by atoms with Gasteiger partial charge in [-0.15, -0.1) is 0 Å². The van der Waals surface area contributed by atoms with Gasteiger partial charge in [-0.05, 0) is 24.6 Å². The minimum atomic E-state index is -1.05. The summed E-state index contributed by atoms with van der Waals surface area (Å²) in [4.78, 5) is 12.4. The Morgan fingerprint density at radius 2 is 2.00 bits per heavy atom. The Balaban J connectivity index is 2.66. The first-order valence-corrected chi connectivity index (χ1v) is 4.92. The van der Waals surface area contributed by atoms with E-state index in [-0.39, 0.29) is 5.56 Å². The molecule has 0 aliphatic heterocycles. The van der Waals surface area contributed by atoms with E-state index in [4.69, 9.17) is 9.84 Å². The molecule has 0 radical (unpaired) electrons. The summed E-state index contributed by atoms with van der Waals surface area (Å²) in [6, 6.07) is 3.15. The van der Waals surface area contributed by atoms with Crippen LogP contribution in [0.3, 0.4) is 0 Å². The fourth-order valence-corrected chi connectivity index (χ4v) is 1.57. The van der Waals surface area contributed by atoms with Crippen LogP contribution in [0.2, 0.25) is 0 Å². The van der Waals surface area contributed by atoms with Crippen LogP contribution < -0.4 is 4.74 Å². The summed E-state index contributed by atoms with van der Waals surface area (Å²) >= 11 is 0. The number of carboxylic acid groups (broad SMARTS) is 1. The van der Waals surface area contributed by atoms with Gasteiger partial charge in [-0.25, -0.2) is 4.79 Å². The van der Waals surface area contributed by atoms with Crippen LogP contribution in [-0.4, -0.2) is 33.2 Å². The zero-order valence-electron chi connectivity index (χ0n) is 9.41. The molecule has 2 aromatic rings. The Labute approximate surface area is 97.4 Å². The lowest BCUT2D eigenvalue weighted by molar-refractivity contribution is 0.0696. The van der Waals surface area contributed by atoms with Gasteiger partial charge >= 0.3 is 5.97 Å². The summed E-state index contributed by atoms with van der Waals surface area (Å²) < 4.78 is 5.09. The molecule has 0 atom stereocenters. The molecule has 0 spiro atoms. The second-order valence-electron chi connectivity index (χ2n) is 3.46. The van der Waals surface area contributed by atoms with Crippen molar-refractivity contribution in [2.45, 2.75) is 6.92 Å². The van der Waals surface area contributed by atoms with Crippen molar-refractivity contribution < 1.29 is 14.6 Å². The minimum Gasteiger partial charge on any atom is -0.496 e. The van der Waals surface area contributed by atoms with Gasteiger partial charge in [-0.2, -0.15) is 15.0 Å². The van der Waals surface area contributed by atoms with E-state index in [0.29, 0.717) is 11.4 Å². The number of methoxy groups -OCH3 is 1. The van der Waals surface area contributed by atoms with E-state index in [2.05, 4.69) is 10.2 Å². The molecule has 0 saturated carbocycles. The average Bonchev–Trinajstić information content (AvgIpc) is 2.81. The van der Waals surface area contributed by atoms with Crippen LogP contribution in [0, 0.1) is 6.92 Å². The van der Waals surface area contributed by atoms with Gasteiger partial charge in [-0.1, -0.05) is 0 Å². The van der Waals surface area contributed by atoms with Gasteiger partial charge in [0.1, 0.15) is 11.4 Å². The number of carboxylic acids is 1. The number of hydrogen-bond donors (Lipinski definition) is 1. The molecule has 0 aliphatic rings. The third kappa shape index (κ3) is 1.96. The van der Waals surface area contributed by atoms with Crippen LogP contribution in [0.15, 0.2) is 24.5 Å². The van der Waals surface area contributed by atoms with Crippen molar-refractivity contribution in [2.75, 3.05) is 7.11 Å². The molecule has 1 heterocycles. The van der Waals surface area contributed by atoms with Crippen molar-refractivity contribution in [1.82, 2.24) is 15.0 Å². The Morgan fingerprint density at radius 1 is 1.35 bits per heavy atom. The molecule has 0 unspecified atom stereocenters. The zero-order valence-corrected chi connectivity index (χ0v) is 9.41. The lowest BCUT2D eigenvalue weighted by atomic mass is 10.1. The average molecular weight is 233 g/mol. The fraction of sp³-hybridized carbons (Fsp3) is 0.182. The molecule has 1 N–H and O–H groups in total. The number of hydrogen-bond acceptors (Lipinski definition) is 4. The van der Waals surface area contributed by atoms with Gasteiger partial charge < -0.3 is 9.84 Å². The first kappa shape index (κ1) is 11.1. The molecular weight excluding hydrogens is 222 g/mol. The van der Waals surface area contributed by atoms with E-state index >= 15 is 0 Å². The van der Waals surface area contributed by atoms with E-state index in [1.54, 1.807) is 6.07 Å². The number of aryl methyl sites for hydroxylation is 1. The molecular formula is C11H11N3O3. The maximum absolute atomic E-state index is 11.2. The Kier molecular flexibility index (Phi) is 2.78. The third-order valence-corrected chi connectivity index (χ3v) is 2.38. The van der Waals surface area contributed by atoms with Crippen LogP contribution in [0.25, 0.3) is 5.69 Å². The second kappa shape index (κ2) is 4.25. The van der Waals surface area contributed by atoms with E-state index in [1.165, 1.54) is 30.4 Å². The lowest BCUT2D eigenvalue weighted by Gasteiger charge is -2.10. The number of aromatic carboxylic acids is 1. The van der Waals surface area contributed by atoms with E-state index < -0.39 is 5.97 Å². The smallest absolute Gasteiger partial charge is 0.338 e. The topological polar surface area (TPSA) is 77.2 Å². The number of carbonyl (C=O) groups is 1. The summed E-state index contributed by atoms with van der Waals surface area (Å²) in [6.07, 6.45) is 2.98. The molecule has 6 nitrogen and oxygen atoms in total. The molecule has 0 saturated heterocycles. The van der Waals surface area contributed by atoms with Crippen LogP contribution in [0.1, 0.15) is 15.9 Å². The maximum atomic E-state index is 11.2. The van der Waals surface area contributed by atoms with Crippen molar-refractivity contribution >= 4 is 5.97 Å². The predicted molar refractivity (Wildman–Crippen MR) is 59.6 cm³/mol. The van der Waals surface area contributed by atoms with E-state index in [9.17, 15) is 4.79 Å². The summed E-state index contributed by atoms with van der Waals surface area (Å²) in [5.41, 5.74) is 1.34. The molecule has 1 aromatic heterocycles. The van der Waals surface area contributed by atoms with Crippen molar-refractivity contribution in [3.8, 4) is 11.4 Å². The second-order valence-corrected chi connectivity index (χ2v) is 3.46. The molecule has 6 heteroatoms. The first-order chi connectivity index (χ1) is 8.13. The third-order valence-electron chi connectivity index (χ3n) is 2.38. The van der Waals surface area contributed by atoms with Gasteiger partial charge in [0, 0.05) is 0 Å². The monoisotopic (exact) mass is 233 g/mol. The number of nitrogens with zero attached hydrogens (tertiary/aromatic N) is 3. The normalized spacial score (nSPS) is 10.2. The largest absolute Gasteiger partial charge is 0.496 e. The first-order valence-electron chi connectivity index (χ1n) is 4.92. The highest BCUT2D eigenvalue weighted by molar-refractivity contribution is 5.92. The summed E-state index contributed by atoms with van der Waals surface area (Å²) in [6.45, 7) is 1.83. The molecule has 88 valence electrons. The molecule has 0 fully saturated rings. The molecule has 0 bridgehead atoms. The molecule has 2 rings (SSSR count). The van der Waals surface area contributed by atoms with Gasteiger partial charge in [0.15, 0.2) is 0 Å². The molecule has 0 aliphatic carbocycles. The number of benzene rings is 1. The van der Waals surface area contributed by atoms with Crippen LogP contribution in [0.4, 0.5) is 0 Å². The van der Waals surface area contributed by atoms with Gasteiger partial charge in [0.25, 0.3) is 0 Å². The summed E-state index contributed by atoms with van der Waals surface area (Å²) in [5, 5.41) is 17.0. The maximum Gasteiger partial charge on any atom is 0.338 e. The number of ether oxygens (including phenoxy) is 1. The Bertz CT molecular complexity index is 549. The van der Waals surface area contributed by atoms with Gasteiger partial charge in [0.2, 0.25) is 0 Å². The molecule has 0 amide bonds. The highest BCUT2D eigenvalue weighted by Gasteiger charge is 2.16. The van der Waals surface area contributed by atoms with Crippen LogP contribution >= 0.6 is 0 Å². The standard InChI is InChI=1S/C11H11N3O3/c1-7-5-9(14-12-3-4-13-14)8(11(15)16)6-10(7)17-2/h3-6H,1-2H3,(H,15,16). The van der Waals surface area contributed by atoms with Crippen LogP contribution in [0.5, 0.6) is 5.75 Å². The zero-order chi connectivity index (χ0) is 12.4. The Hall–Kier alpha value is -2.37. The highest BCUT2D eigenvalue weighted by Crippen LogP contribution is 2.24.